The van der Waals surface area contributed by atoms with Crippen LogP contribution in [-0.4, -0.2) is 18.3 Å². The molecule has 2 aromatic carbocycles. The van der Waals surface area contributed by atoms with E-state index in [9.17, 15) is 31.7 Å². The first kappa shape index (κ1) is 20.3. The molecule has 0 saturated carbocycles. The molecule has 0 radical (unpaired) electrons. The van der Waals surface area contributed by atoms with Gasteiger partial charge in [-0.25, -0.2) is 8.42 Å². The fourth-order valence-corrected chi connectivity index (χ4v) is 3.58. The van der Waals surface area contributed by atoms with Crippen LogP contribution >= 0.6 is 0 Å². The molecule has 0 spiro atoms. The summed E-state index contributed by atoms with van der Waals surface area (Å²) in [4.78, 5) is 13.7. The number of aromatic nitrogens is 1. The molecule has 0 aliphatic heterocycles. The number of para-hydroxylation sites is 1. The zero-order valence-corrected chi connectivity index (χ0v) is 15.2. The molecule has 7 nitrogen and oxygen atoms in total. The highest BCUT2D eigenvalue weighted by Crippen LogP contribution is 2.34. The van der Waals surface area contributed by atoms with E-state index < -0.39 is 26.7 Å². The number of nitrogens with zero attached hydrogens (tertiary/aromatic N) is 2. The maximum Gasteiger partial charge on any atom is 0.416 e. The molecule has 0 saturated heterocycles. The number of alkyl halides is 3. The first-order valence-electron chi connectivity index (χ1n) is 7.98. The van der Waals surface area contributed by atoms with Gasteiger partial charge in [-0.05, 0) is 30.3 Å². The van der Waals surface area contributed by atoms with E-state index in [1.165, 1.54) is 24.3 Å². The van der Waals surface area contributed by atoms with E-state index in [2.05, 4.69) is 9.71 Å². The lowest BCUT2D eigenvalue weighted by atomic mass is 10.1. The standard InChI is InChI=1S/C18H12F3N3O4S/c19-18(20,21)12-9-10-22-17(11-12)15-3-1-2-4-16(15)23-29(27,28)14-7-5-13(6-8-14)24(25)26/h1-11,23H. The van der Waals surface area contributed by atoms with Crippen LogP contribution in [0.3, 0.4) is 0 Å². The van der Waals surface area contributed by atoms with Gasteiger partial charge < -0.3 is 0 Å². The summed E-state index contributed by atoms with van der Waals surface area (Å²) in [6.07, 6.45) is -3.59. The van der Waals surface area contributed by atoms with E-state index in [-0.39, 0.29) is 27.5 Å². The van der Waals surface area contributed by atoms with Crippen LogP contribution in [0.2, 0.25) is 0 Å². The van der Waals surface area contributed by atoms with Gasteiger partial charge in [-0.3, -0.25) is 19.8 Å². The molecule has 0 unspecified atom stereocenters. The first-order valence-corrected chi connectivity index (χ1v) is 9.46. The quantitative estimate of drug-likeness (QED) is 0.482. The lowest BCUT2D eigenvalue weighted by Crippen LogP contribution is -2.14. The fraction of sp³-hybridized carbons (Fsp3) is 0.0556. The average Bonchev–Trinajstić information content (AvgIpc) is 2.67. The van der Waals surface area contributed by atoms with Gasteiger partial charge in [0.2, 0.25) is 0 Å². The largest absolute Gasteiger partial charge is 0.416 e. The van der Waals surface area contributed by atoms with Gasteiger partial charge >= 0.3 is 6.18 Å². The number of nitro benzene ring substituents is 1. The maximum absolute atomic E-state index is 13.0. The number of pyridine rings is 1. The van der Waals surface area contributed by atoms with Gasteiger partial charge in [-0.1, -0.05) is 18.2 Å². The van der Waals surface area contributed by atoms with Crippen LogP contribution in [0, 0.1) is 10.1 Å². The van der Waals surface area contributed by atoms with Crippen LogP contribution in [0.25, 0.3) is 11.3 Å². The molecule has 11 heteroatoms. The summed E-state index contributed by atoms with van der Waals surface area (Å²) < 4.78 is 66.4. The van der Waals surface area contributed by atoms with Crippen molar-refractivity contribution < 1.29 is 26.5 Å². The number of halogens is 3. The SMILES string of the molecule is O=[N+]([O-])c1ccc(S(=O)(=O)Nc2ccccc2-c2cc(C(F)(F)F)ccn2)cc1. The molecule has 0 amide bonds. The third-order valence-electron chi connectivity index (χ3n) is 3.89. The summed E-state index contributed by atoms with van der Waals surface area (Å²) in [7, 11) is -4.15. The molecule has 3 aromatic rings. The molecule has 3 rings (SSSR count). The predicted molar refractivity (Wildman–Crippen MR) is 98.6 cm³/mol. The van der Waals surface area contributed by atoms with E-state index in [1.54, 1.807) is 0 Å². The van der Waals surface area contributed by atoms with E-state index >= 15 is 0 Å². The minimum absolute atomic E-state index is 0.0117. The lowest BCUT2D eigenvalue weighted by molar-refractivity contribution is -0.384. The van der Waals surface area contributed by atoms with Gasteiger partial charge in [0.15, 0.2) is 0 Å². The number of nitro groups is 1. The van der Waals surface area contributed by atoms with Crippen molar-refractivity contribution in [3.8, 4) is 11.3 Å². The first-order chi connectivity index (χ1) is 13.6. The highest BCUT2D eigenvalue weighted by molar-refractivity contribution is 7.92. The molecule has 0 bridgehead atoms. The second kappa shape index (κ2) is 7.51. The highest BCUT2D eigenvalue weighted by atomic mass is 32.2. The minimum atomic E-state index is -4.58. The number of rotatable bonds is 5. The Labute approximate surface area is 163 Å². The van der Waals surface area contributed by atoms with Gasteiger partial charge in [0.1, 0.15) is 0 Å². The van der Waals surface area contributed by atoms with Crippen LogP contribution < -0.4 is 4.72 Å². The summed E-state index contributed by atoms with van der Waals surface area (Å²) in [5, 5.41) is 10.7. The van der Waals surface area contributed by atoms with Crippen molar-refractivity contribution in [2.45, 2.75) is 11.1 Å². The highest BCUT2D eigenvalue weighted by Gasteiger charge is 2.31. The molecule has 0 aliphatic rings. The van der Waals surface area contributed by atoms with E-state index in [0.717, 1.165) is 42.6 Å². The summed E-state index contributed by atoms with van der Waals surface area (Å²) in [5.41, 5.74) is -1.11. The molecule has 150 valence electrons. The van der Waals surface area contributed by atoms with Crippen LogP contribution in [0.1, 0.15) is 5.56 Å². The van der Waals surface area contributed by atoms with Crippen molar-refractivity contribution in [1.82, 2.24) is 4.98 Å². The number of hydrogen-bond donors (Lipinski definition) is 1. The van der Waals surface area contributed by atoms with Crippen LogP contribution in [-0.2, 0) is 16.2 Å². The van der Waals surface area contributed by atoms with E-state index in [1.807, 2.05) is 0 Å². The zero-order chi connectivity index (χ0) is 21.2. The van der Waals surface area contributed by atoms with Crippen molar-refractivity contribution in [3.63, 3.8) is 0 Å². The van der Waals surface area contributed by atoms with E-state index in [4.69, 9.17) is 0 Å². The number of non-ortho nitro benzene ring substituents is 1. The van der Waals surface area contributed by atoms with Gasteiger partial charge in [0.25, 0.3) is 15.7 Å². The fourth-order valence-electron chi connectivity index (χ4n) is 2.50. The number of nitrogens with one attached hydrogen (secondary N) is 1. The van der Waals surface area contributed by atoms with Gasteiger partial charge in [-0.2, -0.15) is 13.2 Å². The minimum Gasteiger partial charge on any atom is -0.279 e. The van der Waals surface area contributed by atoms with Crippen molar-refractivity contribution in [3.05, 3.63) is 82.5 Å². The molecule has 0 atom stereocenters. The third kappa shape index (κ3) is 4.51. The smallest absolute Gasteiger partial charge is 0.279 e. The van der Waals surface area contributed by atoms with Crippen LogP contribution in [0.4, 0.5) is 24.5 Å². The van der Waals surface area contributed by atoms with Crippen molar-refractivity contribution in [2.24, 2.45) is 0 Å². The molecular formula is C18H12F3N3O4S. The molecular weight excluding hydrogens is 411 g/mol. The number of hydrogen-bond acceptors (Lipinski definition) is 5. The molecule has 1 heterocycles. The van der Waals surface area contributed by atoms with Crippen molar-refractivity contribution in [2.75, 3.05) is 4.72 Å². The topological polar surface area (TPSA) is 102 Å². The van der Waals surface area contributed by atoms with E-state index in [0.29, 0.717) is 0 Å². The predicted octanol–water partition coefficient (Wildman–Crippen LogP) is 4.48. The van der Waals surface area contributed by atoms with Crippen molar-refractivity contribution >= 4 is 21.4 Å². The maximum atomic E-state index is 13.0. The average molecular weight is 423 g/mol. The Morgan fingerprint density at radius 1 is 1.00 bits per heavy atom. The van der Waals surface area contributed by atoms with Crippen LogP contribution in [0.15, 0.2) is 71.8 Å². The Morgan fingerprint density at radius 3 is 2.28 bits per heavy atom. The third-order valence-corrected chi connectivity index (χ3v) is 5.27. The second-order valence-corrected chi connectivity index (χ2v) is 7.51. The Bertz CT molecular complexity index is 1160. The summed E-state index contributed by atoms with van der Waals surface area (Å²) in [5.74, 6) is 0. The van der Waals surface area contributed by atoms with Crippen LogP contribution in [0.5, 0.6) is 0 Å². The monoisotopic (exact) mass is 423 g/mol. The Kier molecular flexibility index (Phi) is 5.25. The molecule has 0 aliphatic carbocycles. The molecule has 29 heavy (non-hydrogen) atoms. The molecule has 1 N–H and O–H groups in total. The molecule has 0 fully saturated rings. The number of sulfonamides is 1. The second-order valence-electron chi connectivity index (χ2n) is 5.83. The summed E-state index contributed by atoms with van der Waals surface area (Å²) >= 11 is 0. The van der Waals surface area contributed by atoms with Gasteiger partial charge in [0.05, 0.1) is 26.8 Å². The summed E-state index contributed by atoms with van der Waals surface area (Å²) in [6, 6.07) is 11.7. The number of benzene rings is 2. The normalized spacial score (nSPS) is 11.8. The zero-order valence-electron chi connectivity index (χ0n) is 14.4. The van der Waals surface area contributed by atoms with Gasteiger partial charge in [-0.15, -0.1) is 0 Å². The van der Waals surface area contributed by atoms with Crippen molar-refractivity contribution in [1.29, 1.82) is 0 Å². The van der Waals surface area contributed by atoms with Gasteiger partial charge in [0, 0.05) is 23.9 Å². The summed E-state index contributed by atoms with van der Waals surface area (Å²) in [6.45, 7) is 0. The Morgan fingerprint density at radius 2 is 1.66 bits per heavy atom. The Hall–Kier alpha value is -3.47. The lowest BCUT2D eigenvalue weighted by Gasteiger charge is -2.13. The Balaban J connectivity index is 1.98. The molecule has 1 aromatic heterocycles. The number of anilines is 1.